The van der Waals surface area contributed by atoms with E-state index in [1.54, 1.807) is 18.2 Å². The van der Waals surface area contributed by atoms with Gasteiger partial charge in [-0.15, -0.1) is 5.10 Å². The monoisotopic (exact) mass is 460 g/mol. The van der Waals surface area contributed by atoms with Gasteiger partial charge in [-0.2, -0.15) is 5.26 Å². The normalized spacial score (nSPS) is 10.7. The Morgan fingerprint density at radius 2 is 1.91 bits per heavy atom. The number of nitrogens with one attached hydrogen (secondary N) is 2. The zero-order chi connectivity index (χ0) is 23.4. The lowest BCUT2D eigenvalue weighted by atomic mass is 10.2. The van der Waals surface area contributed by atoms with Gasteiger partial charge in [0.25, 0.3) is 0 Å². The molecular weight excluding hydrogens is 439 g/mol. The van der Waals surface area contributed by atoms with E-state index in [1.807, 2.05) is 48.7 Å². The van der Waals surface area contributed by atoms with Gasteiger partial charge in [-0.25, -0.2) is 9.37 Å². The zero-order valence-corrected chi connectivity index (χ0v) is 18.9. The number of hydrogen-bond donors (Lipinski definition) is 2. The van der Waals surface area contributed by atoms with Crippen molar-refractivity contribution in [2.75, 3.05) is 11.1 Å². The van der Waals surface area contributed by atoms with Crippen LogP contribution in [0.4, 0.5) is 10.2 Å². The number of aromatic amines is 1. The second-order valence-electron chi connectivity index (χ2n) is 7.40. The maximum atomic E-state index is 14.0. The van der Waals surface area contributed by atoms with E-state index in [9.17, 15) is 14.4 Å². The molecule has 0 aliphatic rings. The minimum absolute atomic E-state index is 0.0358. The number of carbonyl (C=O) groups excluding carboxylic acids is 1. The molecule has 0 aliphatic heterocycles. The molecule has 2 heterocycles. The predicted molar refractivity (Wildman–Crippen MR) is 125 cm³/mol. The van der Waals surface area contributed by atoms with Gasteiger partial charge in [-0.3, -0.25) is 9.89 Å². The molecule has 0 fully saturated rings. The first kappa shape index (κ1) is 22.3. The number of rotatable bonds is 7. The summed E-state index contributed by atoms with van der Waals surface area (Å²) < 4.78 is 15.9. The van der Waals surface area contributed by atoms with Gasteiger partial charge in [-0.1, -0.05) is 54.2 Å². The van der Waals surface area contributed by atoms with Crippen LogP contribution >= 0.6 is 11.8 Å². The van der Waals surface area contributed by atoms with Gasteiger partial charge in [0.2, 0.25) is 11.1 Å². The number of benzene rings is 2. The summed E-state index contributed by atoms with van der Waals surface area (Å²) in [6.07, 6.45) is 0. The van der Waals surface area contributed by atoms with Crippen molar-refractivity contribution in [2.45, 2.75) is 25.5 Å². The Bertz CT molecular complexity index is 1340. The summed E-state index contributed by atoms with van der Waals surface area (Å²) in [5, 5.41) is 19.7. The van der Waals surface area contributed by atoms with Gasteiger partial charge in [0, 0.05) is 12.2 Å². The number of nitriles is 1. The van der Waals surface area contributed by atoms with Gasteiger partial charge in [0.05, 0.1) is 16.9 Å². The summed E-state index contributed by atoms with van der Waals surface area (Å²) in [7, 11) is 0. The number of hydrogen-bond acceptors (Lipinski definition) is 5. The first-order chi connectivity index (χ1) is 16.0. The van der Waals surface area contributed by atoms with Gasteiger partial charge in [0.1, 0.15) is 17.7 Å². The fourth-order valence-electron chi connectivity index (χ4n) is 3.48. The van der Waals surface area contributed by atoms with Crippen LogP contribution in [0.1, 0.15) is 22.4 Å². The Balaban J connectivity index is 1.48. The molecule has 9 heteroatoms. The predicted octanol–water partition coefficient (Wildman–Crippen LogP) is 4.68. The maximum Gasteiger partial charge on any atom is 0.235 e. The third kappa shape index (κ3) is 4.81. The number of thioether (sulfide) groups is 1. The largest absolute Gasteiger partial charge is 0.326 e. The first-order valence-electron chi connectivity index (χ1n) is 10.2. The highest BCUT2D eigenvalue weighted by Gasteiger charge is 2.20. The fraction of sp³-hybridized carbons (Fsp3) is 0.167. The molecule has 166 valence electrons. The molecule has 4 rings (SSSR count). The van der Waals surface area contributed by atoms with Crippen LogP contribution in [-0.2, 0) is 11.3 Å². The standard InChI is InChI=1S/C24H21FN6OS/c1-15-16(2)31(13-17-8-4-3-5-9-17)23(19(15)12-26)27-21(32)14-33-24-28-22(29-30-24)18-10-6-7-11-20(18)25/h3-11H,13-14H2,1-2H3,(H,27,32)(H,28,29,30). The van der Waals surface area contributed by atoms with Crippen LogP contribution in [0.25, 0.3) is 11.4 Å². The van der Waals surface area contributed by atoms with Crippen molar-refractivity contribution in [2.24, 2.45) is 0 Å². The Morgan fingerprint density at radius 1 is 1.18 bits per heavy atom. The highest BCUT2D eigenvalue weighted by atomic mass is 32.2. The molecule has 0 saturated carbocycles. The van der Waals surface area contributed by atoms with Crippen molar-refractivity contribution >= 4 is 23.5 Å². The van der Waals surface area contributed by atoms with Crippen LogP contribution in [0.5, 0.6) is 0 Å². The molecule has 0 unspecified atom stereocenters. The molecule has 1 amide bonds. The van der Waals surface area contributed by atoms with E-state index in [4.69, 9.17) is 0 Å². The Hall–Kier alpha value is -3.90. The van der Waals surface area contributed by atoms with Crippen molar-refractivity contribution in [3.63, 3.8) is 0 Å². The van der Waals surface area contributed by atoms with E-state index in [0.29, 0.717) is 34.5 Å². The molecule has 2 N–H and O–H groups in total. The van der Waals surface area contributed by atoms with Crippen LogP contribution < -0.4 is 5.32 Å². The molecule has 0 atom stereocenters. The number of aromatic nitrogens is 4. The van der Waals surface area contributed by atoms with Crippen LogP contribution in [0.2, 0.25) is 0 Å². The summed E-state index contributed by atoms with van der Waals surface area (Å²) in [5.41, 5.74) is 3.57. The van der Waals surface area contributed by atoms with E-state index in [1.165, 1.54) is 6.07 Å². The molecule has 33 heavy (non-hydrogen) atoms. The minimum atomic E-state index is -0.406. The highest BCUT2D eigenvalue weighted by Crippen LogP contribution is 2.28. The number of H-pyrrole nitrogens is 1. The van der Waals surface area contributed by atoms with Crippen LogP contribution in [0.3, 0.4) is 0 Å². The number of nitrogens with zero attached hydrogens (tertiary/aromatic N) is 4. The zero-order valence-electron chi connectivity index (χ0n) is 18.1. The summed E-state index contributed by atoms with van der Waals surface area (Å²) in [4.78, 5) is 17.0. The third-order valence-electron chi connectivity index (χ3n) is 5.31. The first-order valence-corrected chi connectivity index (χ1v) is 11.2. The number of amides is 1. The van der Waals surface area contributed by atoms with Gasteiger partial charge < -0.3 is 9.88 Å². The molecule has 2 aromatic heterocycles. The van der Waals surface area contributed by atoms with Crippen molar-refractivity contribution in [1.29, 1.82) is 5.26 Å². The molecule has 0 radical (unpaired) electrons. The van der Waals surface area contributed by atoms with E-state index >= 15 is 0 Å². The SMILES string of the molecule is Cc1c(C#N)c(NC(=O)CSc2n[nH]c(-c3ccccc3F)n2)n(Cc2ccccc2)c1C. The van der Waals surface area contributed by atoms with E-state index in [2.05, 4.69) is 26.6 Å². The smallest absolute Gasteiger partial charge is 0.235 e. The molecule has 0 spiro atoms. The molecule has 0 aliphatic carbocycles. The quantitative estimate of drug-likeness (QED) is 0.390. The Labute approximate surface area is 194 Å². The maximum absolute atomic E-state index is 14.0. The Morgan fingerprint density at radius 3 is 2.64 bits per heavy atom. The van der Waals surface area contributed by atoms with E-state index in [-0.39, 0.29) is 11.7 Å². The fourth-order valence-corrected chi connectivity index (χ4v) is 4.08. The molecule has 2 aromatic carbocycles. The molecular formula is C24H21FN6OS. The van der Waals surface area contributed by atoms with Gasteiger partial charge in [0.15, 0.2) is 5.82 Å². The second-order valence-corrected chi connectivity index (χ2v) is 8.34. The second kappa shape index (κ2) is 9.71. The van der Waals surface area contributed by atoms with Crippen LogP contribution in [0.15, 0.2) is 59.8 Å². The molecule has 4 aromatic rings. The van der Waals surface area contributed by atoms with Crippen molar-refractivity contribution in [3.8, 4) is 17.5 Å². The highest BCUT2D eigenvalue weighted by molar-refractivity contribution is 7.99. The van der Waals surface area contributed by atoms with Gasteiger partial charge >= 0.3 is 0 Å². The third-order valence-corrected chi connectivity index (χ3v) is 6.16. The van der Waals surface area contributed by atoms with Gasteiger partial charge in [-0.05, 0) is 37.1 Å². The summed E-state index contributed by atoms with van der Waals surface area (Å²) >= 11 is 1.12. The average molecular weight is 461 g/mol. The molecule has 7 nitrogen and oxygen atoms in total. The number of carbonyl (C=O) groups is 1. The van der Waals surface area contributed by atoms with Crippen LogP contribution in [-0.4, -0.2) is 31.4 Å². The van der Waals surface area contributed by atoms with Crippen molar-refractivity contribution in [1.82, 2.24) is 19.7 Å². The lowest BCUT2D eigenvalue weighted by Gasteiger charge is -2.13. The minimum Gasteiger partial charge on any atom is -0.326 e. The Kier molecular flexibility index (Phi) is 6.56. The van der Waals surface area contributed by atoms with E-state index in [0.717, 1.165) is 28.6 Å². The molecule has 0 saturated heterocycles. The average Bonchev–Trinajstić information content (AvgIpc) is 3.38. The summed E-state index contributed by atoms with van der Waals surface area (Å²) in [5.74, 6) is 0.112. The lowest BCUT2D eigenvalue weighted by molar-refractivity contribution is -0.113. The number of halogens is 1. The van der Waals surface area contributed by atoms with Crippen LogP contribution in [0, 0.1) is 31.0 Å². The summed E-state index contributed by atoms with van der Waals surface area (Å²) in [6, 6.07) is 18.3. The lowest BCUT2D eigenvalue weighted by Crippen LogP contribution is -2.18. The molecule has 0 bridgehead atoms. The summed E-state index contributed by atoms with van der Waals surface area (Å²) in [6.45, 7) is 4.34. The van der Waals surface area contributed by atoms with E-state index < -0.39 is 5.82 Å². The van der Waals surface area contributed by atoms with Crippen molar-refractivity contribution < 1.29 is 9.18 Å². The number of anilines is 1. The topological polar surface area (TPSA) is 99.4 Å². The van der Waals surface area contributed by atoms with Crippen molar-refractivity contribution in [3.05, 3.63) is 82.8 Å².